The molecular formula is C16H22N6O5. The van der Waals surface area contributed by atoms with Crippen LogP contribution in [0, 0.1) is 0 Å². The second kappa shape index (κ2) is 7.74. The highest BCUT2D eigenvalue weighted by molar-refractivity contribution is 5.79. The summed E-state index contributed by atoms with van der Waals surface area (Å²) in [6.45, 7) is 1.13. The summed E-state index contributed by atoms with van der Waals surface area (Å²) in [4.78, 5) is 56.4. The molecule has 2 N–H and O–H groups in total. The minimum atomic E-state index is -0.484. The van der Waals surface area contributed by atoms with Gasteiger partial charge >= 0.3 is 5.69 Å². The Hall–Kier alpha value is -2.95. The van der Waals surface area contributed by atoms with Crippen molar-refractivity contribution in [1.82, 2.24) is 29.3 Å². The SMILES string of the molecule is Cn1c(=O)c2[nH]c(CNC(=O)COCC(=O)N3CCCC3)nc2n(C)c1=O. The molecule has 0 atom stereocenters. The summed E-state index contributed by atoms with van der Waals surface area (Å²) in [5, 5.41) is 2.59. The second-order valence-electron chi connectivity index (χ2n) is 6.45. The third-order valence-electron chi connectivity index (χ3n) is 4.51. The highest BCUT2D eigenvalue weighted by atomic mass is 16.5. The molecule has 2 aromatic heterocycles. The standard InChI is InChI=1S/C16H22N6O5/c1-20-14-13(15(25)21(2)16(20)26)18-10(19-14)7-17-11(23)8-27-9-12(24)22-5-3-4-6-22/h3-9H2,1-2H3,(H,17,23)(H,18,19). The second-order valence-corrected chi connectivity index (χ2v) is 6.45. The van der Waals surface area contributed by atoms with Gasteiger partial charge in [0.05, 0.1) is 6.54 Å². The summed E-state index contributed by atoms with van der Waals surface area (Å²) in [6, 6.07) is 0. The van der Waals surface area contributed by atoms with E-state index in [-0.39, 0.29) is 36.8 Å². The van der Waals surface area contributed by atoms with Crippen LogP contribution in [0.25, 0.3) is 11.2 Å². The van der Waals surface area contributed by atoms with Gasteiger partial charge < -0.3 is 19.9 Å². The Labute approximate surface area is 153 Å². The van der Waals surface area contributed by atoms with Crippen molar-refractivity contribution < 1.29 is 14.3 Å². The Morgan fingerprint density at radius 1 is 1.15 bits per heavy atom. The minimum Gasteiger partial charge on any atom is -0.362 e. The van der Waals surface area contributed by atoms with E-state index < -0.39 is 17.2 Å². The van der Waals surface area contributed by atoms with Gasteiger partial charge in [-0.1, -0.05) is 0 Å². The van der Waals surface area contributed by atoms with Crippen LogP contribution in [0.5, 0.6) is 0 Å². The highest BCUT2D eigenvalue weighted by Gasteiger charge is 2.18. The maximum Gasteiger partial charge on any atom is 0.332 e. The molecule has 0 unspecified atom stereocenters. The number of hydrogen-bond donors (Lipinski definition) is 2. The van der Waals surface area contributed by atoms with Crippen LogP contribution in [0.1, 0.15) is 18.7 Å². The fourth-order valence-electron chi connectivity index (χ4n) is 2.98. The first-order chi connectivity index (χ1) is 12.9. The Bertz CT molecular complexity index is 982. The molecular weight excluding hydrogens is 356 g/mol. The number of imidazole rings is 1. The van der Waals surface area contributed by atoms with Crippen LogP contribution in [-0.2, 0) is 35.0 Å². The van der Waals surface area contributed by atoms with E-state index in [4.69, 9.17) is 4.74 Å². The van der Waals surface area contributed by atoms with E-state index in [1.807, 2.05) is 0 Å². The number of H-pyrrole nitrogens is 1. The van der Waals surface area contributed by atoms with E-state index in [1.165, 1.54) is 18.7 Å². The molecule has 2 aromatic rings. The van der Waals surface area contributed by atoms with Crippen molar-refractivity contribution in [3.63, 3.8) is 0 Å². The molecule has 0 spiro atoms. The van der Waals surface area contributed by atoms with Gasteiger partial charge in [-0.2, -0.15) is 0 Å². The lowest BCUT2D eigenvalue weighted by Gasteiger charge is -2.14. The molecule has 11 nitrogen and oxygen atoms in total. The average Bonchev–Trinajstić information content (AvgIpc) is 3.33. The summed E-state index contributed by atoms with van der Waals surface area (Å²) < 4.78 is 7.39. The zero-order valence-corrected chi connectivity index (χ0v) is 15.3. The maximum absolute atomic E-state index is 12.1. The molecule has 2 amide bonds. The highest BCUT2D eigenvalue weighted by Crippen LogP contribution is 2.07. The number of fused-ring (bicyclic) bond motifs is 1. The van der Waals surface area contributed by atoms with E-state index in [1.54, 1.807) is 4.90 Å². The molecule has 27 heavy (non-hydrogen) atoms. The number of aromatic amines is 1. The van der Waals surface area contributed by atoms with Crippen molar-refractivity contribution in [2.75, 3.05) is 26.3 Å². The lowest BCUT2D eigenvalue weighted by Crippen LogP contribution is -2.36. The molecule has 3 rings (SSSR count). The predicted molar refractivity (Wildman–Crippen MR) is 95.1 cm³/mol. The van der Waals surface area contributed by atoms with Crippen LogP contribution in [0.4, 0.5) is 0 Å². The molecule has 11 heteroatoms. The monoisotopic (exact) mass is 378 g/mol. The first-order valence-corrected chi connectivity index (χ1v) is 8.65. The van der Waals surface area contributed by atoms with E-state index >= 15 is 0 Å². The smallest absolute Gasteiger partial charge is 0.332 e. The first-order valence-electron chi connectivity index (χ1n) is 8.65. The zero-order chi connectivity index (χ0) is 19.6. The number of aryl methyl sites for hydroxylation is 1. The van der Waals surface area contributed by atoms with Gasteiger partial charge in [0.15, 0.2) is 5.65 Å². The average molecular weight is 378 g/mol. The third kappa shape index (κ3) is 3.92. The first kappa shape index (κ1) is 18.8. The molecule has 0 radical (unpaired) electrons. The maximum atomic E-state index is 12.1. The number of carbonyl (C=O) groups is 2. The fraction of sp³-hybridized carbons (Fsp3) is 0.562. The summed E-state index contributed by atoms with van der Waals surface area (Å²) in [7, 11) is 2.89. The van der Waals surface area contributed by atoms with Crippen molar-refractivity contribution in [1.29, 1.82) is 0 Å². The van der Waals surface area contributed by atoms with E-state index in [0.717, 1.165) is 30.5 Å². The van der Waals surface area contributed by atoms with Gasteiger partial charge in [0.1, 0.15) is 24.6 Å². The van der Waals surface area contributed by atoms with Crippen LogP contribution in [-0.4, -0.2) is 62.1 Å². The van der Waals surface area contributed by atoms with Crippen LogP contribution in [0.3, 0.4) is 0 Å². The molecule has 1 fully saturated rings. The Kier molecular flexibility index (Phi) is 5.40. The van der Waals surface area contributed by atoms with Crippen molar-refractivity contribution >= 4 is 23.0 Å². The van der Waals surface area contributed by atoms with Crippen LogP contribution >= 0.6 is 0 Å². The molecule has 0 aromatic carbocycles. The Morgan fingerprint density at radius 3 is 2.56 bits per heavy atom. The van der Waals surface area contributed by atoms with Crippen molar-refractivity contribution in [2.45, 2.75) is 19.4 Å². The molecule has 1 aliphatic rings. The summed E-state index contributed by atoms with van der Waals surface area (Å²) in [6.07, 6.45) is 2.00. The number of nitrogens with zero attached hydrogens (tertiary/aromatic N) is 4. The predicted octanol–water partition coefficient (Wildman–Crippen LogP) is -1.78. The summed E-state index contributed by atoms with van der Waals surface area (Å²) in [5.74, 6) is -0.189. The molecule has 1 aliphatic heterocycles. The molecule has 146 valence electrons. The molecule has 1 saturated heterocycles. The number of likely N-dealkylation sites (tertiary alicyclic amines) is 1. The fourth-order valence-corrected chi connectivity index (χ4v) is 2.98. The molecule has 3 heterocycles. The normalized spacial score (nSPS) is 14.1. The number of aromatic nitrogens is 4. The number of ether oxygens (including phenoxy) is 1. The molecule has 0 saturated carbocycles. The quantitative estimate of drug-likeness (QED) is 0.611. The number of amides is 2. The van der Waals surface area contributed by atoms with Crippen LogP contribution in [0.2, 0.25) is 0 Å². The van der Waals surface area contributed by atoms with Gasteiger partial charge in [-0.3, -0.25) is 23.5 Å². The van der Waals surface area contributed by atoms with E-state index in [2.05, 4.69) is 15.3 Å². The Balaban J connectivity index is 1.54. The molecule has 0 bridgehead atoms. The number of nitrogens with one attached hydrogen (secondary N) is 2. The lowest BCUT2D eigenvalue weighted by molar-refractivity contribution is -0.137. The minimum absolute atomic E-state index is 0.0360. The van der Waals surface area contributed by atoms with Gasteiger partial charge in [-0.25, -0.2) is 9.78 Å². The summed E-state index contributed by atoms with van der Waals surface area (Å²) >= 11 is 0. The summed E-state index contributed by atoms with van der Waals surface area (Å²) in [5.41, 5.74) is -0.552. The number of hydrogen-bond acceptors (Lipinski definition) is 6. The van der Waals surface area contributed by atoms with Crippen molar-refractivity contribution in [2.24, 2.45) is 14.1 Å². The van der Waals surface area contributed by atoms with Crippen LogP contribution in [0.15, 0.2) is 9.59 Å². The molecule has 0 aliphatic carbocycles. The van der Waals surface area contributed by atoms with Crippen LogP contribution < -0.4 is 16.6 Å². The van der Waals surface area contributed by atoms with E-state index in [0.29, 0.717) is 5.82 Å². The van der Waals surface area contributed by atoms with Gasteiger partial charge in [-0.15, -0.1) is 0 Å². The van der Waals surface area contributed by atoms with Gasteiger partial charge in [-0.05, 0) is 12.8 Å². The zero-order valence-electron chi connectivity index (χ0n) is 15.3. The number of carbonyl (C=O) groups excluding carboxylic acids is 2. The van der Waals surface area contributed by atoms with Gasteiger partial charge in [0.2, 0.25) is 11.8 Å². The largest absolute Gasteiger partial charge is 0.362 e. The lowest BCUT2D eigenvalue weighted by atomic mass is 10.4. The Morgan fingerprint density at radius 2 is 1.85 bits per heavy atom. The third-order valence-corrected chi connectivity index (χ3v) is 4.51. The van der Waals surface area contributed by atoms with Gasteiger partial charge in [0, 0.05) is 27.2 Å². The van der Waals surface area contributed by atoms with Crippen molar-refractivity contribution in [3.05, 3.63) is 26.7 Å². The van der Waals surface area contributed by atoms with Crippen molar-refractivity contribution in [3.8, 4) is 0 Å². The van der Waals surface area contributed by atoms with E-state index in [9.17, 15) is 19.2 Å². The number of rotatable bonds is 6. The van der Waals surface area contributed by atoms with Gasteiger partial charge in [0.25, 0.3) is 5.56 Å². The topological polar surface area (TPSA) is 131 Å².